The number of hydrogen-bond donors (Lipinski definition) is 0. The highest BCUT2D eigenvalue weighted by molar-refractivity contribution is 5.86. The van der Waals surface area contributed by atoms with Crippen LogP contribution in [0.5, 0.6) is 0 Å². The Morgan fingerprint density at radius 2 is 1.57 bits per heavy atom. The predicted octanol–water partition coefficient (Wildman–Crippen LogP) is 3.34. The van der Waals surface area contributed by atoms with Crippen LogP contribution < -0.4 is 10.4 Å². The maximum atomic E-state index is 2.46. The summed E-state index contributed by atoms with van der Waals surface area (Å²) in [6.45, 7) is 0. The van der Waals surface area contributed by atoms with Crippen molar-refractivity contribution in [1.82, 2.24) is 0 Å². The van der Waals surface area contributed by atoms with Crippen molar-refractivity contribution < 1.29 is 0 Å². The number of benzene rings is 3. The van der Waals surface area contributed by atoms with Crippen LogP contribution in [0.1, 0.15) is 33.4 Å². The predicted molar refractivity (Wildman–Crippen MR) is 94.6 cm³/mol. The summed E-state index contributed by atoms with van der Waals surface area (Å²) in [5.74, 6) is 0. The summed E-state index contributed by atoms with van der Waals surface area (Å²) < 4.78 is 0. The molecule has 6 rings (SSSR count). The van der Waals surface area contributed by atoms with Crippen molar-refractivity contribution >= 4 is 12.2 Å². The fourth-order valence-corrected chi connectivity index (χ4v) is 4.55. The van der Waals surface area contributed by atoms with Crippen molar-refractivity contribution in [3.8, 4) is 11.1 Å². The molecule has 3 aliphatic rings. The molecule has 0 unspecified atom stereocenters. The number of hydrogen-bond acceptors (Lipinski definition) is 0. The fourth-order valence-electron chi connectivity index (χ4n) is 4.55. The molecule has 23 heavy (non-hydrogen) atoms. The molecule has 3 aromatic carbocycles. The highest BCUT2D eigenvalue weighted by Gasteiger charge is 2.32. The molecule has 0 heteroatoms. The summed E-state index contributed by atoms with van der Waals surface area (Å²) in [6.07, 6.45) is 9.16. The molecule has 0 bridgehead atoms. The van der Waals surface area contributed by atoms with E-state index in [0.29, 0.717) is 0 Å². The second-order valence-electron chi connectivity index (χ2n) is 6.81. The van der Waals surface area contributed by atoms with Crippen LogP contribution in [0, 0.1) is 6.42 Å². The molecular formula is C23H15+. The van der Waals surface area contributed by atoms with Gasteiger partial charge in [0.25, 0.3) is 0 Å². The van der Waals surface area contributed by atoms with Crippen molar-refractivity contribution in [2.24, 2.45) is 0 Å². The van der Waals surface area contributed by atoms with Crippen molar-refractivity contribution in [1.29, 1.82) is 0 Å². The van der Waals surface area contributed by atoms with E-state index in [4.69, 9.17) is 0 Å². The van der Waals surface area contributed by atoms with Crippen molar-refractivity contribution in [3.05, 3.63) is 98.8 Å². The van der Waals surface area contributed by atoms with E-state index in [2.05, 4.69) is 67.1 Å². The third-order valence-corrected chi connectivity index (χ3v) is 5.55. The average Bonchev–Trinajstić information content (AvgIpc) is 2.96. The molecule has 0 N–H and O–H groups in total. The van der Waals surface area contributed by atoms with Gasteiger partial charge < -0.3 is 0 Å². The smallest absolute Gasteiger partial charge is 0.0619 e. The van der Waals surface area contributed by atoms with Crippen molar-refractivity contribution in [2.45, 2.75) is 12.8 Å². The van der Waals surface area contributed by atoms with Gasteiger partial charge in [0, 0.05) is 35.8 Å². The summed E-state index contributed by atoms with van der Waals surface area (Å²) in [4.78, 5) is 0. The Kier molecular flexibility index (Phi) is 2.03. The van der Waals surface area contributed by atoms with Crippen LogP contribution in [0.15, 0.2) is 48.5 Å². The normalized spacial score (nSPS) is 14.8. The van der Waals surface area contributed by atoms with E-state index in [-0.39, 0.29) is 0 Å². The van der Waals surface area contributed by atoms with E-state index >= 15 is 0 Å². The summed E-state index contributed by atoms with van der Waals surface area (Å²) in [5, 5.41) is 2.87. The first-order valence-electron chi connectivity index (χ1n) is 8.30. The van der Waals surface area contributed by atoms with Gasteiger partial charge in [-0.3, -0.25) is 0 Å². The van der Waals surface area contributed by atoms with Crippen molar-refractivity contribution in [2.75, 3.05) is 0 Å². The molecule has 0 saturated carbocycles. The Morgan fingerprint density at radius 3 is 2.57 bits per heavy atom. The molecule has 0 nitrogen and oxygen atoms in total. The minimum absolute atomic E-state index is 1.05. The second kappa shape index (κ2) is 3.97. The Labute approximate surface area is 135 Å². The topological polar surface area (TPSA) is 0 Å². The van der Waals surface area contributed by atoms with Crippen LogP contribution in [0.2, 0.25) is 0 Å². The number of fused-ring (bicyclic) bond motifs is 3. The highest BCUT2D eigenvalue weighted by Crippen LogP contribution is 2.39. The molecule has 106 valence electrons. The van der Waals surface area contributed by atoms with Gasteiger partial charge in [-0.1, -0.05) is 30.3 Å². The van der Waals surface area contributed by atoms with Crippen LogP contribution in [0.25, 0.3) is 23.3 Å². The van der Waals surface area contributed by atoms with Gasteiger partial charge in [0.2, 0.25) is 0 Å². The van der Waals surface area contributed by atoms with Gasteiger partial charge in [-0.2, -0.15) is 0 Å². The lowest BCUT2D eigenvalue weighted by atomic mass is 9.85. The minimum Gasteiger partial charge on any atom is -0.0619 e. The van der Waals surface area contributed by atoms with Gasteiger partial charge >= 0.3 is 0 Å². The van der Waals surface area contributed by atoms with Gasteiger partial charge in [-0.15, -0.1) is 0 Å². The van der Waals surface area contributed by atoms with Crippen molar-refractivity contribution in [3.63, 3.8) is 0 Å². The first-order valence-corrected chi connectivity index (χ1v) is 8.30. The monoisotopic (exact) mass is 291 g/mol. The standard InChI is InChI=1S/C23H15/c1-2-5-16-13-21-18(10-15(16)4-1)12-19-11-17-7-3-6-14-8-9-20(21)23(19)22(14)17/h1-9,12-13H,10-11H2/q+1. The Bertz CT molecular complexity index is 1130. The highest BCUT2D eigenvalue weighted by atomic mass is 14.3. The zero-order valence-corrected chi connectivity index (χ0v) is 12.8. The van der Waals surface area contributed by atoms with Gasteiger partial charge in [0.05, 0.1) is 16.3 Å². The van der Waals surface area contributed by atoms with Gasteiger partial charge in [0.1, 0.15) is 5.56 Å². The van der Waals surface area contributed by atoms with Crippen LogP contribution in [-0.2, 0) is 12.8 Å². The van der Waals surface area contributed by atoms with Gasteiger partial charge in [0.15, 0.2) is 0 Å². The van der Waals surface area contributed by atoms with Crippen LogP contribution in [0.3, 0.4) is 0 Å². The molecule has 3 aromatic rings. The first-order chi connectivity index (χ1) is 11.4. The Hall–Kier alpha value is -2.73. The van der Waals surface area contributed by atoms with Gasteiger partial charge in [-0.25, -0.2) is 0 Å². The summed E-state index contributed by atoms with van der Waals surface area (Å²) in [5.41, 5.74) is 11.7. The molecule has 0 aliphatic heterocycles. The van der Waals surface area contributed by atoms with Gasteiger partial charge in [-0.05, 0) is 46.9 Å². The maximum absolute atomic E-state index is 2.46. The molecule has 0 amide bonds. The lowest BCUT2D eigenvalue weighted by Crippen LogP contribution is -2.34. The lowest BCUT2D eigenvalue weighted by molar-refractivity contribution is 1.11. The molecule has 0 aromatic heterocycles. The molecule has 0 heterocycles. The molecule has 0 spiro atoms. The lowest BCUT2D eigenvalue weighted by Gasteiger charge is -2.15. The summed E-state index contributed by atoms with van der Waals surface area (Å²) >= 11 is 0. The quantitative estimate of drug-likeness (QED) is 0.384. The third-order valence-electron chi connectivity index (χ3n) is 5.55. The van der Waals surface area contributed by atoms with Crippen LogP contribution in [-0.4, -0.2) is 0 Å². The molecule has 0 radical (unpaired) electrons. The largest absolute Gasteiger partial charge is 0.104 e. The first kappa shape index (κ1) is 11.8. The minimum atomic E-state index is 1.05. The third kappa shape index (κ3) is 1.44. The van der Waals surface area contributed by atoms with E-state index in [1.54, 1.807) is 0 Å². The molecule has 0 fully saturated rings. The zero-order valence-electron chi connectivity index (χ0n) is 12.8. The second-order valence-corrected chi connectivity index (χ2v) is 6.81. The summed E-state index contributed by atoms with van der Waals surface area (Å²) in [7, 11) is 0. The van der Waals surface area contributed by atoms with E-state index < -0.39 is 0 Å². The number of rotatable bonds is 0. The van der Waals surface area contributed by atoms with Crippen LogP contribution >= 0.6 is 0 Å². The average molecular weight is 291 g/mol. The fraction of sp³-hybridized carbons (Fsp3) is 0.0870. The maximum Gasteiger partial charge on any atom is 0.104 e. The Balaban J connectivity index is 1.77. The van der Waals surface area contributed by atoms with E-state index in [1.807, 2.05) is 0 Å². The van der Waals surface area contributed by atoms with Crippen LogP contribution in [0.4, 0.5) is 0 Å². The van der Waals surface area contributed by atoms with E-state index in [9.17, 15) is 0 Å². The SMILES string of the molecule is C1=c2c(cc3c4c2=C[CH+]c2cccc(c2-4)C3)Cc2ccccc21. The molecule has 0 saturated heterocycles. The summed E-state index contributed by atoms with van der Waals surface area (Å²) in [6, 6.07) is 18.0. The molecular weight excluding hydrogens is 276 g/mol. The zero-order chi connectivity index (χ0) is 15.0. The molecule has 3 aliphatic carbocycles. The molecule has 0 atom stereocenters. The Morgan fingerprint density at radius 1 is 0.696 bits per heavy atom. The van der Waals surface area contributed by atoms with E-state index in [0.717, 1.165) is 12.8 Å². The van der Waals surface area contributed by atoms with E-state index in [1.165, 1.54) is 54.9 Å².